The van der Waals surface area contributed by atoms with Gasteiger partial charge in [0.1, 0.15) is 0 Å². The molecule has 2 heteroatoms. The van der Waals surface area contributed by atoms with Crippen molar-refractivity contribution in [1.29, 1.82) is 0 Å². The van der Waals surface area contributed by atoms with E-state index in [-0.39, 0.29) is 0 Å². The van der Waals surface area contributed by atoms with Gasteiger partial charge in [0, 0.05) is 16.2 Å². The molecule has 0 aliphatic carbocycles. The molecular formula is C12H16BrN. The number of rotatable bonds is 5. The standard InChI is InChI=1S/C12H16BrN/c1-3-4-7-10(2)14-12-9-6-5-8-11(12)13/h3,5-6,8-10,14H,1,4,7H2,2H3. The van der Waals surface area contributed by atoms with Gasteiger partial charge in [0.2, 0.25) is 0 Å². The molecule has 76 valence electrons. The molecule has 1 unspecified atom stereocenters. The van der Waals surface area contributed by atoms with Gasteiger partial charge in [0.25, 0.3) is 0 Å². The summed E-state index contributed by atoms with van der Waals surface area (Å²) in [6, 6.07) is 8.65. The van der Waals surface area contributed by atoms with Crippen molar-refractivity contribution in [2.45, 2.75) is 25.8 Å². The molecule has 1 N–H and O–H groups in total. The normalized spacial score (nSPS) is 12.1. The van der Waals surface area contributed by atoms with E-state index in [0.717, 1.165) is 23.0 Å². The number of benzene rings is 1. The minimum absolute atomic E-state index is 0.478. The van der Waals surface area contributed by atoms with E-state index in [4.69, 9.17) is 0 Å². The first-order chi connectivity index (χ1) is 6.74. The molecule has 1 atom stereocenters. The molecule has 0 aliphatic heterocycles. The molecular weight excluding hydrogens is 238 g/mol. The van der Waals surface area contributed by atoms with Gasteiger partial charge in [0.15, 0.2) is 0 Å². The molecule has 1 aromatic carbocycles. The lowest BCUT2D eigenvalue weighted by molar-refractivity contribution is 0.718. The van der Waals surface area contributed by atoms with E-state index in [1.54, 1.807) is 0 Å². The first-order valence-corrected chi connectivity index (χ1v) is 5.65. The molecule has 0 radical (unpaired) electrons. The minimum Gasteiger partial charge on any atom is -0.382 e. The number of allylic oxidation sites excluding steroid dienone is 1. The Hall–Kier alpha value is -0.760. The van der Waals surface area contributed by atoms with E-state index in [9.17, 15) is 0 Å². The van der Waals surface area contributed by atoms with E-state index >= 15 is 0 Å². The second-order valence-electron chi connectivity index (χ2n) is 3.39. The average molecular weight is 254 g/mol. The summed E-state index contributed by atoms with van der Waals surface area (Å²) in [7, 11) is 0. The molecule has 1 nitrogen and oxygen atoms in total. The van der Waals surface area contributed by atoms with Gasteiger partial charge in [0.05, 0.1) is 0 Å². The predicted octanol–water partition coefficient (Wildman–Crippen LogP) is 4.22. The third kappa shape index (κ3) is 3.54. The molecule has 1 rings (SSSR count). The van der Waals surface area contributed by atoms with Crippen LogP contribution in [0.5, 0.6) is 0 Å². The van der Waals surface area contributed by atoms with Crippen LogP contribution in [0.25, 0.3) is 0 Å². The zero-order valence-corrected chi connectivity index (χ0v) is 10.0. The second kappa shape index (κ2) is 5.86. The van der Waals surface area contributed by atoms with Crippen LogP contribution in [0.2, 0.25) is 0 Å². The Bertz CT molecular complexity index is 296. The van der Waals surface area contributed by atoms with Crippen LogP contribution in [0.3, 0.4) is 0 Å². The Kier molecular flexibility index (Phi) is 4.74. The number of hydrogen-bond donors (Lipinski definition) is 1. The van der Waals surface area contributed by atoms with E-state index in [2.05, 4.69) is 40.8 Å². The Morgan fingerprint density at radius 2 is 2.21 bits per heavy atom. The predicted molar refractivity (Wildman–Crippen MR) is 66.7 cm³/mol. The summed E-state index contributed by atoms with van der Waals surface area (Å²) in [4.78, 5) is 0. The maximum atomic E-state index is 3.72. The topological polar surface area (TPSA) is 12.0 Å². The summed E-state index contributed by atoms with van der Waals surface area (Å²) in [5, 5.41) is 3.45. The van der Waals surface area contributed by atoms with Gasteiger partial charge in [-0.1, -0.05) is 18.2 Å². The fraction of sp³-hybridized carbons (Fsp3) is 0.333. The van der Waals surface area contributed by atoms with Crippen molar-refractivity contribution in [3.05, 3.63) is 41.4 Å². The molecule has 0 amide bonds. The van der Waals surface area contributed by atoms with Crippen molar-refractivity contribution in [2.75, 3.05) is 5.32 Å². The average Bonchev–Trinajstić information content (AvgIpc) is 2.18. The zero-order chi connectivity index (χ0) is 10.4. The molecule has 0 fully saturated rings. The molecule has 0 spiro atoms. The van der Waals surface area contributed by atoms with Crippen LogP contribution in [0.1, 0.15) is 19.8 Å². The van der Waals surface area contributed by atoms with Crippen molar-refractivity contribution in [1.82, 2.24) is 0 Å². The van der Waals surface area contributed by atoms with Gasteiger partial charge >= 0.3 is 0 Å². The summed E-state index contributed by atoms with van der Waals surface area (Å²) in [5.41, 5.74) is 1.16. The smallest absolute Gasteiger partial charge is 0.0486 e. The highest BCUT2D eigenvalue weighted by Crippen LogP contribution is 2.22. The van der Waals surface area contributed by atoms with Crippen molar-refractivity contribution < 1.29 is 0 Å². The van der Waals surface area contributed by atoms with E-state index < -0.39 is 0 Å². The second-order valence-corrected chi connectivity index (χ2v) is 4.25. The van der Waals surface area contributed by atoms with Crippen molar-refractivity contribution in [2.24, 2.45) is 0 Å². The van der Waals surface area contributed by atoms with Crippen LogP contribution in [-0.2, 0) is 0 Å². The molecule has 0 aliphatic rings. The van der Waals surface area contributed by atoms with Crippen molar-refractivity contribution in [3.63, 3.8) is 0 Å². The van der Waals surface area contributed by atoms with Gasteiger partial charge in [-0.25, -0.2) is 0 Å². The summed E-state index contributed by atoms with van der Waals surface area (Å²) < 4.78 is 1.12. The number of halogens is 1. The van der Waals surface area contributed by atoms with Crippen LogP contribution < -0.4 is 5.32 Å². The Labute approximate surface area is 94.3 Å². The quantitative estimate of drug-likeness (QED) is 0.776. The van der Waals surface area contributed by atoms with Gasteiger partial charge in [-0.15, -0.1) is 6.58 Å². The highest BCUT2D eigenvalue weighted by atomic mass is 79.9. The summed E-state index contributed by atoms with van der Waals surface area (Å²) >= 11 is 3.51. The van der Waals surface area contributed by atoms with Crippen LogP contribution in [0.4, 0.5) is 5.69 Å². The minimum atomic E-state index is 0.478. The molecule has 0 saturated heterocycles. The van der Waals surface area contributed by atoms with Crippen LogP contribution in [0.15, 0.2) is 41.4 Å². The summed E-state index contributed by atoms with van der Waals surface area (Å²) in [6.07, 6.45) is 4.13. The first kappa shape index (κ1) is 11.3. The molecule has 14 heavy (non-hydrogen) atoms. The molecule has 1 aromatic rings. The third-order valence-electron chi connectivity index (χ3n) is 2.08. The fourth-order valence-electron chi connectivity index (χ4n) is 1.28. The van der Waals surface area contributed by atoms with E-state index in [0.29, 0.717) is 6.04 Å². The molecule has 0 aromatic heterocycles. The number of nitrogens with one attached hydrogen (secondary N) is 1. The Morgan fingerprint density at radius 3 is 2.86 bits per heavy atom. The van der Waals surface area contributed by atoms with Gasteiger partial charge in [-0.3, -0.25) is 0 Å². The number of hydrogen-bond acceptors (Lipinski definition) is 1. The molecule has 0 heterocycles. The van der Waals surface area contributed by atoms with Crippen molar-refractivity contribution >= 4 is 21.6 Å². The maximum Gasteiger partial charge on any atom is 0.0486 e. The van der Waals surface area contributed by atoms with Gasteiger partial charge in [-0.05, 0) is 47.8 Å². The fourth-order valence-corrected chi connectivity index (χ4v) is 1.68. The highest BCUT2D eigenvalue weighted by Gasteiger charge is 2.02. The largest absolute Gasteiger partial charge is 0.382 e. The third-order valence-corrected chi connectivity index (χ3v) is 2.77. The van der Waals surface area contributed by atoms with Crippen LogP contribution in [0, 0.1) is 0 Å². The lowest BCUT2D eigenvalue weighted by Crippen LogP contribution is -2.14. The SMILES string of the molecule is C=CCCC(C)Nc1ccccc1Br. The first-order valence-electron chi connectivity index (χ1n) is 4.86. The number of anilines is 1. The van der Waals surface area contributed by atoms with Crippen molar-refractivity contribution in [3.8, 4) is 0 Å². The molecule has 0 bridgehead atoms. The zero-order valence-electron chi connectivity index (χ0n) is 8.46. The van der Waals surface area contributed by atoms with Crippen LogP contribution in [-0.4, -0.2) is 6.04 Å². The Balaban J connectivity index is 2.51. The van der Waals surface area contributed by atoms with E-state index in [1.165, 1.54) is 0 Å². The van der Waals surface area contributed by atoms with Crippen LogP contribution >= 0.6 is 15.9 Å². The lowest BCUT2D eigenvalue weighted by Gasteiger charge is -2.15. The summed E-state index contributed by atoms with van der Waals surface area (Å²) in [6.45, 7) is 5.90. The van der Waals surface area contributed by atoms with E-state index in [1.807, 2.05) is 24.3 Å². The highest BCUT2D eigenvalue weighted by molar-refractivity contribution is 9.10. The van der Waals surface area contributed by atoms with Gasteiger partial charge in [-0.2, -0.15) is 0 Å². The number of para-hydroxylation sites is 1. The molecule has 0 saturated carbocycles. The monoisotopic (exact) mass is 253 g/mol. The van der Waals surface area contributed by atoms with Gasteiger partial charge < -0.3 is 5.32 Å². The maximum absolute atomic E-state index is 3.72. The Morgan fingerprint density at radius 1 is 1.50 bits per heavy atom. The summed E-state index contributed by atoms with van der Waals surface area (Å²) in [5.74, 6) is 0. The lowest BCUT2D eigenvalue weighted by atomic mass is 10.1.